The Kier molecular flexibility index (Phi) is 7.59. The van der Waals surface area contributed by atoms with Crippen molar-refractivity contribution in [1.29, 1.82) is 0 Å². The summed E-state index contributed by atoms with van der Waals surface area (Å²) in [5.74, 6) is -5.29. The molecule has 1 aromatic heterocycles. The summed E-state index contributed by atoms with van der Waals surface area (Å²) in [6.45, 7) is 4.64. The lowest BCUT2D eigenvalue weighted by molar-refractivity contribution is -0.201. The first-order valence-corrected chi connectivity index (χ1v) is 10.4. The van der Waals surface area contributed by atoms with Crippen molar-refractivity contribution in [2.45, 2.75) is 37.9 Å². The van der Waals surface area contributed by atoms with Crippen LogP contribution in [0.1, 0.15) is 30.0 Å². The van der Waals surface area contributed by atoms with E-state index >= 15 is 0 Å². The van der Waals surface area contributed by atoms with E-state index in [0.717, 1.165) is 24.3 Å². The van der Waals surface area contributed by atoms with Crippen LogP contribution in [0.3, 0.4) is 0 Å². The maximum absolute atomic E-state index is 14.0. The number of alkyl halides is 6. The maximum Gasteiger partial charge on any atom is 0.416 e. The van der Waals surface area contributed by atoms with Gasteiger partial charge in [0.15, 0.2) is 17.6 Å². The van der Waals surface area contributed by atoms with Crippen molar-refractivity contribution in [1.82, 2.24) is 4.98 Å². The number of ether oxygens (including phenoxy) is 1. The van der Waals surface area contributed by atoms with Gasteiger partial charge in [0.1, 0.15) is 5.52 Å². The lowest BCUT2D eigenvalue weighted by Gasteiger charge is -2.32. The van der Waals surface area contributed by atoms with Crippen molar-refractivity contribution in [3.05, 3.63) is 78.2 Å². The van der Waals surface area contributed by atoms with Gasteiger partial charge in [0, 0.05) is 6.42 Å². The van der Waals surface area contributed by atoms with Gasteiger partial charge < -0.3 is 14.3 Å². The minimum absolute atomic E-state index is 0.171. The number of carboxylic acids is 1. The van der Waals surface area contributed by atoms with Crippen molar-refractivity contribution in [3.63, 3.8) is 0 Å². The Morgan fingerprint density at radius 2 is 1.83 bits per heavy atom. The lowest BCUT2D eigenvalue weighted by atomic mass is 9.85. The third-order valence-electron chi connectivity index (χ3n) is 5.57. The first-order valence-electron chi connectivity index (χ1n) is 10.4. The molecule has 0 spiro atoms. The van der Waals surface area contributed by atoms with Gasteiger partial charge in [-0.25, -0.2) is 9.78 Å². The molecule has 0 aliphatic rings. The molecule has 0 fully saturated rings. The van der Waals surface area contributed by atoms with Gasteiger partial charge in [-0.15, -0.1) is 6.58 Å². The highest BCUT2D eigenvalue weighted by Gasteiger charge is 2.46. The number of oxazole rings is 1. The number of aliphatic carboxylic acids is 1. The molecule has 0 bridgehead atoms. The highest BCUT2D eigenvalue weighted by atomic mass is 19.4. The topological polar surface area (TPSA) is 72.6 Å². The first kappa shape index (κ1) is 26.3. The summed E-state index contributed by atoms with van der Waals surface area (Å²) >= 11 is 0. The lowest BCUT2D eigenvalue weighted by Crippen LogP contribution is -2.38. The highest BCUT2D eigenvalue weighted by molar-refractivity contribution is 5.74. The Morgan fingerprint density at radius 1 is 1.14 bits per heavy atom. The van der Waals surface area contributed by atoms with Crippen LogP contribution in [-0.4, -0.2) is 28.3 Å². The van der Waals surface area contributed by atoms with Crippen LogP contribution in [0.5, 0.6) is 0 Å². The molecule has 3 aromatic rings. The van der Waals surface area contributed by atoms with Crippen LogP contribution in [0.4, 0.5) is 26.3 Å². The summed E-state index contributed by atoms with van der Waals surface area (Å²) in [4.78, 5) is 15.9. The summed E-state index contributed by atoms with van der Waals surface area (Å²) in [5, 5.41) is 9.57. The molecule has 3 rings (SSSR count). The zero-order valence-corrected chi connectivity index (χ0v) is 18.3. The summed E-state index contributed by atoms with van der Waals surface area (Å²) in [7, 11) is 0. The maximum atomic E-state index is 14.0. The van der Waals surface area contributed by atoms with Crippen molar-refractivity contribution in [2.75, 3.05) is 0 Å². The Hall–Kier alpha value is -3.34. The fraction of sp³-hybridized carbons (Fsp3) is 0.333. The van der Waals surface area contributed by atoms with E-state index in [4.69, 9.17) is 9.15 Å². The number of carbonyl (C=O) groups is 1. The third kappa shape index (κ3) is 6.21. The van der Waals surface area contributed by atoms with Crippen LogP contribution in [0, 0.1) is 11.8 Å². The molecule has 0 amide bonds. The molecule has 2 aromatic carbocycles. The monoisotopic (exact) mass is 501 g/mol. The first-order chi connectivity index (χ1) is 16.3. The Balaban J connectivity index is 1.88. The normalized spacial score (nSPS) is 16.0. The number of para-hydroxylation sites is 2. The van der Waals surface area contributed by atoms with E-state index in [9.17, 15) is 36.2 Å². The van der Waals surface area contributed by atoms with Gasteiger partial charge in [-0.1, -0.05) is 37.3 Å². The van der Waals surface area contributed by atoms with E-state index in [0.29, 0.717) is 17.2 Å². The molecule has 2 unspecified atom stereocenters. The second-order valence-corrected chi connectivity index (χ2v) is 7.96. The van der Waals surface area contributed by atoms with Crippen molar-refractivity contribution < 1.29 is 45.4 Å². The Morgan fingerprint density at radius 3 is 2.40 bits per heavy atom. The summed E-state index contributed by atoms with van der Waals surface area (Å²) < 4.78 is 92.1. The van der Waals surface area contributed by atoms with Crippen molar-refractivity contribution in [2.24, 2.45) is 11.8 Å². The predicted molar refractivity (Wildman–Crippen MR) is 113 cm³/mol. The molecule has 0 saturated heterocycles. The number of hydrogen-bond acceptors (Lipinski definition) is 4. The van der Waals surface area contributed by atoms with E-state index in [-0.39, 0.29) is 11.5 Å². The molecule has 5 nitrogen and oxygen atoms in total. The van der Waals surface area contributed by atoms with Crippen LogP contribution < -0.4 is 0 Å². The SMILES string of the molecule is C=CC(OC(C(=O)O)c1cccc(C(F)(F)F)c1)[C@@H](C)[C@H](Cc1nc2ccccc2o1)C(F)(F)F. The average Bonchev–Trinajstić information content (AvgIpc) is 3.19. The van der Waals surface area contributed by atoms with Crippen LogP contribution in [0.2, 0.25) is 0 Å². The van der Waals surface area contributed by atoms with Crippen molar-refractivity contribution in [3.8, 4) is 0 Å². The highest BCUT2D eigenvalue weighted by Crippen LogP contribution is 2.39. The van der Waals surface area contributed by atoms with E-state index in [1.807, 2.05) is 0 Å². The fourth-order valence-corrected chi connectivity index (χ4v) is 3.73. The van der Waals surface area contributed by atoms with Gasteiger partial charge in [0.25, 0.3) is 0 Å². The van der Waals surface area contributed by atoms with Crippen LogP contribution in [0.15, 0.2) is 65.6 Å². The number of hydrogen-bond donors (Lipinski definition) is 1. The van der Waals surface area contributed by atoms with Gasteiger partial charge in [-0.3, -0.25) is 0 Å². The standard InChI is InChI=1S/C24H21F6NO4/c1-3-18(35-21(22(32)33)14-7-6-8-15(11-14)23(25,26)27)13(2)16(24(28,29)30)12-20-31-17-9-4-5-10-19(17)34-20/h3-11,13,16,18,21H,1,12H2,2H3,(H,32,33)/t13-,16-,18?,21?/m0/s1. The largest absolute Gasteiger partial charge is 0.479 e. The average molecular weight is 501 g/mol. The molecule has 0 radical (unpaired) electrons. The third-order valence-corrected chi connectivity index (χ3v) is 5.57. The van der Waals surface area contributed by atoms with Gasteiger partial charge in [0.05, 0.1) is 17.6 Å². The number of halogens is 6. The van der Waals surface area contributed by atoms with E-state index in [2.05, 4.69) is 11.6 Å². The predicted octanol–water partition coefficient (Wildman–Crippen LogP) is 6.60. The second-order valence-electron chi connectivity index (χ2n) is 7.96. The number of aromatic nitrogens is 1. The van der Waals surface area contributed by atoms with E-state index < -0.39 is 54.3 Å². The Bertz CT molecular complexity index is 1150. The molecule has 0 saturated carbocycles. The van der Waals surface area contributed by atoms with Gasteiger partial charge in [-0.05, 0) is 35.7 Å². The molecule has 1 N–H and O–H groups in total. The van der Waals surface area contributed by atoms with E-state index in [1.54, 1.807) is 24.3 Å². The molecule has 1 heterocycles. The van der Waals surface area contributed by atoms with Gasteiger partial charge in [0.2, 0.25) is 0 Å². The molecule has 0 aliphatic heterocycles. The second kappa shape index (κ2) is 10.1. The number of benzene rings is 2. The fourth-order valence-electron chi connectivity index (χ4n) is 3.73. The molecule has 35 heavy (non-hydrogen) atoms. The molecular weight excluding hydrogens is 480 g/mol. The molecule has 4 atom stereocenters. The molecule has 0 aliphatic carbocycles. The van der Waals surface area contributed by atoms with Crippen LogP contribution >= 0.6 is 0 Å². The zero-order chi connectivity index (χ0) is 26.0. The number of rotatable bonds is 9. The summed E-state index contributed by atoms with van der Waals surface area (Å²) in [5.41, 5.74) is -0.794. The van der Waals surface area contributed by atoms with Crippen molar-refractivity contribution >= 4 is 17.1 Å². The minimum atomic E-state index is -4.75. The number of carboxylic acid groups (broad SMARTS) is 1. The summed E-state index contributed by atoms with van der Waals surface area (Å²) in [6.07, 6.45) is -12.6. The zero-order valence-electron chi connectivity index (χ0n) is 18.3. The van der Waals surface area contributed by atoms with E-state index in [1.165, 1.54) is 6.92 Å². The number of nitrogens with zero attached hydrogens (tertiary/aromatic N) is 1. The summed E-state index contributed by atoms with van der Waals surface area (Å²) in [6, 6.07) is 9.85. The Labute approximate surface area is 196 Å². The number of fused-ring (bicyclic) bond motifs is 1. The quantitative estimate of drug-likeness (QED) is 0.264. The van der Waals surface area contributed by atoms with Crippen LogP contribution in [-0.2, 0) is 22.1 Å². The van der Waals surface area contributed by atoms with Gasteiger partial charge in [-0.2, -0.15) is 26.3 Å². The van der Waals surface area contributed by atoms with Crippen LogP contribution in [0.25, 0.3) is 11.1 Å². The molecule has 11 heteroatoms. The van der Waals surface area contributed by atoms with Gasteiger partial charge >= 0.3 is 18.3 Å². The smallest absolute Gasteiger partial charge is 0.416 e. The minimum Gasteiger partial charge on any atom is -0.479 e. The molecular formula is C24H21F6NO4. The molecule has 188 valence electrons.